The van der Waals surface area contributed by atoms with Gasteiger partial charge in [-0.15, -0.1) is 0 Å². The molecule has 0 amide bonds. The average molecular weight is 200 g/mol. The molecule has 0 saturated heterocycles. The Morgan fingerprint density at radius 3 is 2.43 bits per heavy atom. The Kier molecular flexibility index (Phi) is 2.91. The Morgan fingerprint density at radius 2 is 2.14 bits per heavy atom. The second kappa shape index (κ2) is 3.54. The van der Waals surface area contributed by atoms with Gasteiger partial charge < -0.3 is 9.84 Å². The fourth-order valence-corrected chi connectivity index (χ4v) is 1.80. The van der Waals surface area contributed by atoms with E-state index in [4.69, 9.17) is 4.74 Å². The molecular weight excluding hydrogens is 180 g/mol. The summed E-state index contributed by atoms with van der Waals surface area (Å²) in [5.41, 5.74) is -1.04. The molecule has 0 spiro atoms. The lowest BCUT2D eigenvalue weighted by Crippen LogP contribution is -2.32. The SMILES string of the molecule is CC[C@H]1C[C@@]1(CO)C(=O)OC(C)(C)C. The molecule has 0 aromatic carbocycles. The predicted octanol–water partition coefficient (Wildman–Crippen LogP) is 1.74. The summed E-state index contributed by atoms with van der Waals surface area (Å²) in [6, 6.07) is 0. The highest BCUT2D eigenvalue weighted by atomic mass is 16.6. The van der Waals surface area contributed by atoms with Crippen LogP contribution in [-0.2, 0) is 9.53 Å². The van der Waals surface area contributed by atoms with Gasteiger partial charge in [0.15, 0.2) is 0 Å². The van der Waals surface area contributed by atoms with Crippen LogP contribution in [0.5, 0.6) is 0 Å². The van der Waals surface area contributed by atoms with Crippen LogP contribution in [0.4, 0.5) is 0 Å². The Bertz CT molecular complexity index is 229. The van der Waals surface area contributed by atoms with E-state index in [1.165, 1.54) is 0 Å². The highest BCUT2D eigenvalue weighted by Gasteiger charge is 2.60. The first-order chi connectivity index (χ1) is 6.35. The summed E-state index contributed by atoms with van der Waals surface area (Å²) < 4.78 is 5.29. The Hall–Kier alpha value is -0.570. The molecule has 14 heavy (non-hydrogen) atoms. The maximum atomic E-state index is 11.8. The second-order valence-electron chi connectivity index (χ2n) is 5.13. The minimum absolute atomic E-state index is 0.0829. The average Bonchev–Trinajstić information content (AvgIpc) is 2.76. The number of aliphatic hydroxyl groups excluding tert-OH is 1. The molecule has 0 unspecified atom stereocenters. The lowest BCUT2D eigenvalue weighted by Gasteiger charge is -2.23. The monoisotopic (exact) mass is 200 g/mol. The van der Waals surface area contributed by atoms with Crippen molar-refractivity contribution in [2.24, 2.45) is 11.3 Å². The molecule has 2 atom stereocenters. The van der Waals surface area contributed by atoms with Crippen LogP contribution in [0, 0.1) is 11.3 Å². The van der Waals surface area contributed by atoms with Crippen LogP contribution in [0.1, 0.15) is 40.5 Å². The van der Waals surface area contributed by atoms with Crippen molar-refractivity contribution in [3.8, 4) is 0 Å². The number of aliphatic hydroxyl groups is 1. The van der Waals surface area contributed by atoms with E-state index < -0.39 is 11.0 Å². The van der Waals surface area contributed by atoms with Gasteiger partial charge in [0, 0.05) is 0 Å². The number of rotatable bonds is 3. The van der Waals surface area contributed by atoms with E-state index in [9.17, 15) is 9.90 Å². The standard InChI is InChI=1S/C11H20O3/c1-5-8-6-11(8,7-12)9(13)14-10(2,3)4/h8,12H,5-7H2,1-4H3/t8-,11-/m0/s1. The molecule has 1 aliphatic rings. The number of esters is 1. The molecule has 1 fully saturated rings. The Labute approximate surface area is 85.5 Å². The highest BCUT2D eigenvalue weighted by molar-refractivity contribution is 5.81. The molecule has 1 saturated carbocycles. The zero-order valence-electron chi connectivity index (χ0n) is 9.46. The van der Waals surface area contributed by atoms with Gasteiger partial charge in [0.1, 0.15) is 5.60 Å². The van der Waals surface area contributed by atoms with Crippen molar-refractivity contribution in [3.05, 3.63) is 0 Å². The van der Waals surface area contributed by atoms with Crippen LogP contribution >= 0.6 is 0 Å². The molecule has 0 aromatic heterocycles. The van der Waals surface area contributed by atoms with E-state index in [0.29, 0.717) is 5.92 Å². The largest absolute Gasteiger partial charge is 0.459 e. The summed E-state index contributed by atoms with van der Waals surface area (Å²) in [7, 11) is 0. The smallest absolute Gasteiger partial charge is 0.315 e. The first kappa shape index (κ1) is 11.5. The molecule has 82 valence electrons. The molecule has 1 aliphatic carbocycles. The van der Waals surface area contributed by atoms with Crippen LogP contribution in [0.2, 0.25) is 0 Å². The minimum atomic E-state index is -0.581. The predicted molar refractivity (Wildman–Crippen MR) is 53.8 cm³/mol. The summed E-state index contributed by atoms with van der Waals surface area (Å²) >= 11 is 0. The van der Waals surface area contributed by atoms with Crippen LogP contribution in [0.15, 0.2) is 0 Å². The van der Waals surface area contributed by atoms with E-state index in [1.54, 1.807) is 0 Å². The first-order valence-electron chi connectivity index (χ1n) is 5.20. The number of carbonyl (C=O) groups excluding carboxylic acids is 1. The molecule has 0 aliphatic heterocycles. The third kappa shape index (κ3) is 2.08. The van der Waals surface area contributed by atoms with Gasteiger partial charge in [-0.25, -0.2) is 0 Å². The van der Waals surface area contributed by atoms with Crippen LogP contribution in [0.3, 0.4) is 0 Å². The van der Waals surface area contributed by atoms with Gasteiger partial charge >= 0.3 is 5.97 Å². The van der Waals surface area contributed by atoms with E-state index in [0.717, 1.165) is 12.8 Å². The normalized spacial score (nSPS) is 31.4. The molecule has 0 aromatic rings. The van der Waals surface area contributed by atoms with Crippen molar-refractivity contribution in [2.75, 3.05) is 6.61 Å². The molecule has 3 heteroatoms. The fraction of sp³-hybridized carbons (Fsp3) is 0.909. The zero-order valence-corrected chi connectivity index (χ0v) is 9.46. The summed E-state index contributed by atoms with van der Waals surface area (Å²) in [5.74, 6) is 0.0710. The molecule has 0 heterocycles. The number of carbonyl (C=O) groups is 1. The summed E-state index contributed by atoms with van der Waals surface area (Å²) in [4.78, 5) is 11.8. The minimum Gasteiger partial charge on any atom is -0.459 e. The van der Waals surface area contributed by atoms with Gasteiger partial charge in [-0.1, -0.05) is 13.3 Å². The summed E-state index contributed by atoms with van der Waals surface area (Å²) in [5, 5.41) is 9.22. The van der Waals surface area contributed by atoms with Crippen molar-refractivity contribution in [1.29, 1.82) is 0 Å². The summed E-state index contributed by atoms with van der Waals surface area (Å²) in [6.07, 6.45) is 1.70. The quantitative estimate of drug-likeness (QED) is 0.706. The van der Waals surface area contributed by atoms with Gasteiger partial charge in [-0.3, -0.25) is 4.79 Å². The highest BCUT2D eigenvalue weighted by Crippen LogP contribution is 2.55. The molecular formula is C11H20O3. The topological polar surface area (TPSA) is 46.5 Å². The van der Waals surface area contributed by atoms with Gasteiger partial charge in [-0.2, -0.15) is 0 Å². The lowest BCUT2D eigenvalue weighted by molar-refractivity contribution is -0.164. The van der Waals surface area contributed by atoms with Crippen LogP contribution < -0.4 is 0 Å². The third-order valence-electron chi connectivity index (χ3n) is 2.81. The number of hydrogen-bond donors (Lipinski definition) is 1. The van der Waals surface area contributed by atoms with E-state index in [2.05, 4.69) is 0 Å². The van der Waals surface area contributed by atoms with Crippen LogP contribution in [-0.4, -0.2) is 23.3 Å². The van der Waals surface area contributed by atoms with Gasteiger partial charge in [-0.05, 0) is 33.1 Å². The van der Waals surface area contributed by atoms with E-state index in [-0.39, 0.29) is 12.6 Å². The zero-order chi connectivity index (χ0) is 11.0. The number of hydrogen-bond acceptors (Lipinski definition) is 3. The summed E-state index contributed by atoms with van der Waals surface area (Å²) in [6.45, 7) is 7.49. The van der Waals surface area contributed by atoms with Crippen molar-refractivity contribution in [1.82, 2.24) is 0 Å². The molecule has 3 nitrogen and oxygen atoms in total. The molecule has 1 N–H and O–H groups in total. The van der Waals surface area contributed by atoms with Crippen molar-refractivity contribution in [2.45, 2.75) is 46.1 Å². The molecule has 0 bridgehead atoms. The van der Waals surface area contributed by atoms with Gasteiger partial charge in [0.2, 0.25) is 0 Å². The first-order valence-corrected chi connectivity index (χ1v) is 5.20. The van der Waals surface area contributed by atoms with Crippen molar-refractivity contribution in [3.63, 3.8) is 0 Å². The van der Waals surface area contributed by atoms with E-state index >= 15 is 0 Å². The number of ether oxygens (including phenoxy) is 1. The maximum Gasteiger partial charge on any atom is 0.315 e. The second-order valence-corrected chi connectivity index (χ2v) is 5.13. The fourth-order valence-electron chi connectivity index (χ4n) is 1.80. The lowest BCUT2D eigenvalue weighted by atomic mass is 10.0. The van der Waals surface area contributed by atoms with Gasteiger partial charge in [0.25, 0.3) is 0 Å². The molecule has 1 rings (SSSR count). The van der Waals surface area contributed by atoms with Crippen LogP contribution in [0.25, 0.3) is 0 Å². The van der Waals surface area contributed by atoms with Crippen molar-refractivity contribution >= 4 is 5.97 Å². The van der Waals surface area contributed by atoms with Crippen molar-refractivity contribution < 1.29 is 14.6 Å². The molecule has 0 radical (unpaired) electrons. The van der Waals surface area contributed by atoms with E-state index in [1.807, 2.05) is 27.7 Å². The van der Waals surface area contributed by atoms with Gasteiger partial charge in [0.05, 0.1) is 12.0 Å². The Morgan fingerprint density at radius 1 is 1.57 bits per heavy atom. The Balaban J connectivity index is 2.61. The third-order valence-corrected chi connectivity index (χ3v) is 2.81. The maximum absolute atomic E-state index is 11.8.